The van der Waals surface area contributed by atoms with Crippen molar-refractivity contribution >= 4 is 11.9 Å². The van der Waals surface area contributed by atoms with Gasteiger partial charge in [0.1, 0.15) is 0 Å². The molecule has 8 heteroatoms. The third kappa shape index (κ3) is 2.94. The summed E-state index contributed by atoms with van der Waals surface area (Å²) in [5.41, 5.74) is -0.184. The average molecular weight is 316 g/mol. The molecule has 2 aliphatic heterocycles. The van der Waals surface area contributed by atoms with Gasteiger partial charge in [-0.05, 0) is 12.5 Å². The molecular formula is C15H17FN6O. The van der Waals surface area contributed by atoms with Gasteiger partial charge in [-0.15, -0.1) is 0 Å². The van der Waals surface area contributed by atoms with Crippen LogP contribution in [0.1, 0.15) is 12.8 Å². The van der Waals surface area contributed by atoms with Gasteiger partial charge in [-0.1, -0.05) is 0 Å². The molecule has 4 rings (SSSR count). The molecule has 0 unspecified atom stereocenters. The molecule has 1 spiro atoms. The maximum Gasteiger partial charge on any atom is 0.225 e. The van der Waals surface area contributed by atoms with E-state index in [1.165, 1.54) is 0 Å². The number of anilines is 2. The molecule has 2 aromatic heterocycles. The Bertz CT molecular complexity index is 669. The van der Waals surface area contributed by atoms with Crippen LogP contribution in [-0.2, 0) is 4.74 Å². The molecule has 7 nitrogen and oxygen atoms in total. The SMILES string of the molecule is Fc1cnc(N[C@@H]2CO[C@]3(CCN(c4ncccn4)C3)C2)nc1. The van der Waals surface area contributed by atoms with Gasteiger partial charge in [0.25, 0.3) is 0 Å². The van der Waals surface area contributed by atoms with E-state index in [0.717, 1.165) is 44.3 Å². The average Bonchev–Trinajstić information content (AvgIpc) is 3.18. The zero-order chi connectivity index (χ0) is 15.7. The minimum absolute atomic E-state index is 0.122. The zero-order valence-electron chi connectivity index (χ0n) is 12.5. The van der Waals surface area contributed by atoms with E-state index in [2.05, 4.69) is 30.2 Å². The van der Waals surface area contributed by atoms with E-state index in [1.54, 1.807) is 12.4 Å². The number of nitrogens with zero attached hydrogens (tertiary/aromatic N) is 5. The van der Waals surface area contributed by atoms with Crippen molar-refractivity contribution in [2.24, 2.45) is 0 Å². The summed E-state index contributed by atoms with van der Waals surface area (Å²) in [6, 6.07) is 1.93. The number of ether oxygens (including phenoxy) is 1. The molecule has 0 saturated carbocycles. The van der Waals surface area contributed by atoms with Crippen LogP contribution in [0.5, 0.6) is 0 Å². The molecule has 2 aromatic rings. The Balaban J connectivity index is 1.39. The Morgan fingerprint density at radius 2 is 2.00 bits per heavy atom. The third-order valence-corrected chi connectivity index (χ3v) is 4.31. The second-order valence-corrected chi connectivity index (χ2v) is 5.98. The highest BCUT2D eigenvalue weighted by molar-refractivity contribution is 5.34. The van der Waals surface area contributed by atoms with Crippen molar-refractivity contribution in [2.45, 2.75) is 24.5 Å². The first-order valence-corrected chi connectivity index (χ1v) is 7.62. The lowest BCUT2D eigenvalue weighted by molar-refractivity contribution is 0.0228. The van der Waals surface area contributed by atoms with Crippen LogP contribution in [0.4, 0.5) is 16.3 Å². The first-order chi connectivity index (χ1) is 11.2. The van der Waals surface area contributed by atoms with Crippen LogP contribution in [0, 0.1) is 5.82 Å². The largest absolute Gasteiger partial charge is 0.371 e. The summed E-state index contributed by atoms with van der Waals surface area (Å²) in [6.45, 7) is 2.24. The van der Waals surface area contributed by atoms with E-state index in [9.17, 15) is 4.39 Å². The van der Waals surface area contributed by atoms with E-state index < -0.39 is 5.82 Å². The molecule has 0 radical (unpaired) electrons. The van der Waals surface area contributed by atoms with Crippen molar-refractivity contribution in [3.8, 4) is 0 Å². The third-order valence-electron chi connectivity index (χ3n) is 4.31. The number of hydrogen-bond acceptors (Lipinski definition) is 7. The van der Waals surface area contributed by atoms with Crippen LogP contribution >= 0.6 is 0 Å². The van der Waals surface area contributed by atoms with Crippen molar-refractivity contribution in [2.75, 3.05) is 29.9 Å². The molecule has 0 amide bonds. The summed E-state index contributed by atoms with van der Waals surface area (Å²) in [4.78, 5) is 18.6. The standard InChI is InChI=1S/C15H17FN6O/c16-11-7-19-13(20-8-11)21-12-6-15(23-9-12)2-5-22(10-15)14-17-3-1-4-18-14/h1,3-4,7-8,12H,2,5-6,9-10H2,(H,19,20,21)/t12-,15+/m0/s1. The van der Waals surface area contributed by atoms with Crippen molar-refractivity contribution in [1.82, 2.24) is 19.9 Å². The maximum atomic E-state index is 12.9. The molecule has 0 aliphatic carbocycles. The van der Waals surface area contributed by atoms with Crippen molar-refractivity contribution in [3.63, 3.8) is 0 Å². The fourth-order valence-electron chi connectivity index (χ4n) is 3.26. The monoisotopic (exact) mass is 316 g/mol. The van der Waals surface area contributed by atoms with Gasteiger partial charge in [0, 0.05) is 25.4 Å². The predicted molar refractivity (Wildman–Crippen MR) is 81.6 cm³/mol. The summed E-state index contributed by atoms with van der Waals surface area (Å²) in [6.07, 6.45) is 7.61. The Kier molecular flexibility index (Phi) is 3.53. The summed E-state index contributed by atoms with van der Waals surface area (Å²) in [5, 5.41) is 3.21. The van der Waals surface area contributed by atoms with Crippen LogP contribution in [0.15, 0.2) is 30.9 Å². The Labute approximate surface area is 132 Å². The number of hydrogen-bond donors (Lipinski definition) is 1. The molecule has 0 aromatic carbocycles. The van der Waals surface area contributed by atoms with E-state index in [-0.39, 0.29) is 11.6 Å². The minimum Gasteiger partial charge on any atom is -0.371 e. The Morgan fingerprint density at radius 1 is 1.22 bits per heavy atom. The van der Waals surface area contributed by atoms with Gasteiger partial charge in [0.15, 0.2) is 5.82 Å². The van der Waals surface area contributed by atoms with Crippen molar-refractivity contribution < 1.29 is 9.13 Å². The van der Waals surface area contributed by atoms with E-state index in [4.69, 9.17) is 4.74 Å². The van der Waals surface area contributed by atoms with Gasteiger partial charge >= 0.3 is 0 Å². The van der Waals surface area contributed by atoms with Gasteiger partial charge in [0.05, 0.1) is 37.2 Å². The molecule has 2 aliphatic rings. The molecule has 1 N–H and O–H groups in total. The zero-order valence-corrected chi connectivity index (χ0v) is 12.5. The summed E-state index contributed by atoms with van der Waals surface area (Å²) in [7, 11) is 0. The van der Waals surface area contributed by atoms with Crippen LogP contribution in [0.2, 0.25) is 0 Å². The van der Waals surface area contributed by atoms with E-state index in [1.807, 2.05) is 6.07 Å². The van der Waals surface area contributed by atoms with Gasteiger partial charge in [-0.3, -0.25) is 0 Å². The van der Waals surface area contributed by atoms with Crippen molar-refractivity contribution in [3.05, 3.63) is 36.7 Å². The lowest BCUT2D eigenvalue weighted by Crippen LogP contribution is -2.34. The van der Waals surface area contributed by atoms with E-state index in [0.29, 0.717) is 12.6 Å². The van der Waals surface area contributed by atoms with Gasteiger partial charge in [0.2, 0.25) is 11.9 Å². The maximum absolute atomic E-state index is 12.9. The molecule has 23 heavy (non-hydrogen) atoms. The van der Waals surface area contributed by atoms with E-state index >= 15 is 0 Å². The second kappa shape index (κ2) is 5.69. The minimum atomic E-state index is -0.441. The highest BCUT2D eigenvalue weighted by Gasteiger charge is 2.46. The lowest BCUT2D eigenvalue weighted by atomic mass is 9.97. The highest BCUT2D eigenvalue weighted by Crippen LogP contribution is 2.36. The Hall–Kier alpha value is -2.35. The molecule has 0 bridgehead atoms. The topological polar surface area (TPSA) is 76.1 Å². The van der Waals surface area contributed by atoms with Crippen LogP contribution in [-0.4, -0.2) is 51.3 Å². The normalized spacial score (nSPS) is 26.8. The Morgan fingerprint density at radius 3 is 2.78 bits per heavy atom. The number of nitrogens with one attached hydrogen (secondary N) is 1. The van der Waals surface area contributed by atoms with Crippen molar-refractivity contribution in [1.29, 1.82) is 0 Å². The van der Waals surface area contributed by atoms with Gasteiger partial charge < -0.3 is 15.0 Å². The van der Waals surface area contributed by atoms with Gasteiger partial charge in [-0.25, -0.2) is 24.3 Å². The highest BCUT2D eigenvalue weighted by atomic mass is 19.1. The molecule has 120 valence electrons. The summed E-state index contributed by atoms with van der Waals surface area (Å²) < 4.78 is 18.9. The molecular weight excluding hydrogens is 299 g/mol. The number of aromatic nitrogens is 4. The second-order valence-electron chi connectivity index (χ2n) is 5.98. The number of halogens is 1. The molecule has 4 heterocycles. The summed E-state index contributed by atoms with van der Waals surface area (Å²) in [5.74, 6) is 0.730. The number of rotatable bonds is 3. The summed E-state index contributed by atoms with van der Waals surface area (Å²) >= 11 is 0. The van der Waals surface area contributed by atoms with Crippen LogP contribution < -0.4 is 10.2 Å². The van der Waals surface area contributed by atoms with Crippen LogP contribution in [0.3, 0.4) is 0 Å². The van der Waals surface area contributed by atoms with Gasteiger partial charge in [-0.2, -0.15) is 0 Å². The predicted octanol–water partition coefficient (Wildman–Crippen LogP) is 1.26. The molecule has 2 fully saturated rings. The fraction of sp³-hybridized carbons (Fsp3) is 0.467. The molecule has 2 saturated heterocycles. The van der Waals surface area contributed by atoms with Crippen LogP contribution in [0.25, 0.3) is 0 Å². The first kappa shape index (κ1) is 14.3. The first-order valence-electron chi connectivity index (χ1n) is 7.62. The lowest BCUT2D eigenvalue weighted by Gasteiger charge is -2.23. The molecule has 2 atom stereocenters. The smallest absolute Gasteiger partial charge is 0.225 e. The quantitative estimate of drug-likeness (QED) is 0.913. The fourth-order valence-corrected chi connectivity index (χ4v) is 3.26.